The number of pyridine rings is 1. The van der Waals surface area contributed by atoms with E-state index >= 15 is 0 Å². The number of hydrogen-bond acceptors (Lipinski definition) is 4. The van der Waals surface area contributed by atoms with Crippen LogP contribution in [0.1, 0.15) is 43.0 Å². The Hall–Kier alpha value is -1.42. The van der Waals surface area contributed by atoms with Crippen molar-refractivity contribution in [2.24, 2.45) is 0 Å². The molecule has 1 heterocycles. The number of ketones is 1. The van der Waals surface area contributed by atoms with Gasteiger partial charge in [-0.3, -0.25) is 4.79 Å². The molecule has 1 aliphatic rings. The van der Waals surface area contributed by atoms with Gasteiger partial charge in [-0.1, -0.05) is 0 Å². The quantitative estimate of drug-likeness (QED) is 0.783. The van der Waals surface area contributed by atoms with E-state index in [0.29, 0.717) is 11.6 Å². The number of aliphatic hydroxyl groups is 1. The van der Waals surface area contributed by atoms with Crippen molar-refractivity contribution in [2.45, 2.75) is 38.6 Å². The van der Waals surface area contributed by atoms with Crippen LogP contribution in [0.3, 0.4) is 0 Å². The standard InChI is InChI=1S/C14H20N2O2/c1-11(18)12-6-7-15-14(10-12)16(8-3-9-17)13-4-2-5-13/h6-7,10,13,17H,2-5,8-9H2,1H3. The third kappa shape index (κ3) is 2.88. The van der Waals surface area contributed by atoms with Crippen LogP contribution < -0.4 is 4.90 Å². The van der Waals surface area contributed by atoms with Crippen molar-refractivity contribution in [3.63, 3.8) is 0 Å². The fourth-order valence-electron chi connectivity index (χ4n) is 2.22. The molecule has 0 saturated heterocycles. The maximum Gasteiger partial charge on any atom is 0.159 e. The van der Waals surface area contributed by atoms with E-state index in [1.54, 1.807) is 19.2 Å². The topological polar surface area (TPSA) is 53.4 Å². The van der Waals surface area contributed by atoms with Gasteiger partial charge in [-0.25, -0.2) is 4.98 Å². The van der Waals surface area contributed by atoms with E-state index in [4.69, 9.17) is 5.11 Å². The predicted molar refractivity (Wildman–Crippen MR) is 70.9 cm³/mol. The fraction of sp³-hybridized carbons (Fsp3) is 0.571. The number of Topliss-reactive ketones (excluding diaryl/α,β-unsaturated/α-hetero) is 1. The third-order valence-electron chi connectivity index (χ3n) is 3.52. The van der Waals surface area contributed by atoms with Crippen molar-refractivity contribution >= 4 is 11.6 Å². The zero-order valence-corrected chi connectivity index (χ0v) is 10.8. The Bertz CT molecular complexity index is 416. The van der Waals surface area contributed by atoms with E-state index in [1.165, 1.54) is 19.3 Å². The Morgan fingerprint density at radius 3 is 2.89 bits per heavy atom. The molecule has 4 nitrogen and oxygen atoms in total. The summed E-state index contributed by atoms with van der Waals surface area (Å²) in [5.41, 5.74) is 0.702. The van der Waals surface area contributed by atoms with Gasteiger partial charge < -0.3 is 10.0 Å². The summed E-state index contributed by atoms with van der Waals surface area (Å²) in [6, 6.07) is 4.13. The highest BCUT2D eigenvalue weighted by atomic mass is 16.3. The lowest BCUT2D eigenvalue weighted by Gasteiger charge is -2.38. The summed E-state index contributed by atoms with van der Waals surface area (Å²) >= 11 is 0. The number of nitrogens with zero attached hydrogens (tertiary/aromatic N) is 2. The van der Waals surface area contributed by atoms with Crippen molar-refractivity contribution in [1.29, 1.82) is 0 Å². The van der Waals surface area contributed by atoms with Gasteiger partial charge in [0.25, 0.3) is 0 Å². The summed E-state index contributed by atoms with van der Waals surface area (Å²) in [5, 5.41) is 8.98. The molecule has 2 rings (SSSR count). The minimum Gasteiger partial charge on any atom is -0.396 e. The molecule has 1 aromatic heterocycles. The predicted octanol–water partition coefficient (Wildman–Crippen LogP) is 2.03. The molecule has 0 atom stereocenters. The minimum atomic E-state index is 0.0642. The lowest BCUT2D eigenvalue weighted by Crippen LogP contribution is -2.41. The number of rotatable bonds is 6. The van der Waals surface area contributed by atoms with Crippen molar-refractivity contribution in [2.75, 3.05) is 18.1 Å². The highest BCUT2D eigenvalue weighted by Gasteiger charge is 2.25. The second-order valence-corrected chi connectivity index (χ2v) is 4.81. The zero-order valence-electron chi connectivity index (χ0n) is 10.8. The van der Waals surface area contributed by atoms with Crippen LogP contribution >= 0.6 is 0 Å². The molecule has 0 unspecified atom stereocenters. The second kappa shape index (κ2) is 5.96. The maximum absolute atomic E-state index is 11.4. The molecule has 1 aliphatic carbocycles. The fourth-order valence-corrected chi connectivity index (χ4v) is 2.22. The van der Waals surface area contributed by atoms with Crippen LogP contribution in [0, 0.1) is 0 Å². The van der Waals surface area contributed by atoms with E-state index in [-0.39, 0.29) is 12.4 Å². The average molecular weight is 248 g/mol. The van der Waals surface area contributed by atoms with Crippen LogP contribution in [-0.4, -0.2) is 35.1 Å². The van der Waals surface area contributed by atoms with Gasteiger partial charge in [0, 0.05) is 31.0 Å². The first-order valence-corrected chi connectivity index (χ1v) is 6.57. The number of carbonyl (C=O) groups is 1. The molecule has 0 amide bonds. The second-order valence-electron chi connectivity index (χ2n) is 4.81. The number of aliphatic hydroxyl groups excluding tert-OH is 1. The van der Waals surface area contributed by atoms with E-state index in [9.17, 15) is 4.79 Å². The Kier molecular flexibility index (Phi) is 4.31. The van der Waals surface area contributed by atoms with Gasteiger partial charge >= 0.3 is 0 Å². The van der Waals surface area contributed by atoms with Crippen LogP contribution in [0.25, 0.3) is 0 Å². The molecule has 0 spiro atoms. The first-order valence-electron chi connectivity index (χ1n) is 6.57. The lowest BCUT2D eigenvalue weighted by molar-refractivity contribution is 0.101. The Balaban J connectivity index is 2.17. The highest BCUT2D eigenvalue weighted by Crippen LogP contribution is 2.28. The van der Waals surface area contributed by atoms with E-state index in [2.05, 4.69) is 9.88 Å². The molecule has 98 valence electrons. The first-order chi connectivity index (χ1) is 8.72. The molecule has 0 aliphatic heterocycles. The van der Waals surface area contributed by atoms with Gasteiger partial charge in [0.1, 0.15) is 5.82 Å². The van der Waals surface area contributed by atoms with Gasteiger partial charge in [0.15, 0.2) is 5.78 Å². The van der Waals surface area contributed by atoms with E-state index < -0.39 is 0 Å². The minimum absolute atomic E-state index is 0.0642. The molecule has 1 aromatic rings. The van der Waals surface area contributed by atoms with Crippen LogP contribution in [0.2, 0.25) is 0 Å². The SMILES string of the molecule is CC(=O)c1ccnc(N(CCCO)C2CCC2)c1. The lowest BCUT2D eigenvalue weighted by atomic mass is 9.91. The van der Waals surface area contributed by atoms with E-state index in [0.717, 1.165) is 18.8 Å². The van der Waals surface area contributed by atoms with Crippen molar-refractivity contribution in [3.05, 3.63) is 23.9 Å². The molecule has 18 heavy (non-hydrogen) atoms. The number of anilines is 1. The molecule has 1 N–H and O–H groups in total. The molecule has 1 fully saturated rings. The van der Waals surface area contributed by atoms with E-state index in [1.807, 2.05) is 6.07 Å². The van der Waals surface area contributed by atoms with Gasteiger partial charge in [-0.2, -0.15) is 0 Å². The molecule has 4 heteroatoms. The number of aromatic nitrogens is 1. The zero-order chi connectivity index (χ0) is 13.0. The third-order valence-corrected chi connectivity index (χ3v) is 3.52. The van der Waals surface area contributed by atoms with Gasteiger partial charge in [0.2, 0.25) is 0 Å². The molecule has 0 aromatic carbocycles. The van der Waals surface area contributed by atoms with Crippen molar-refractivity contribution < 1.29 is 9.90 Å². The Morgan fingerprint density at radius 2 is 2.33 bits per heavy atom. The summed E-state index contributed by atoms with van der Waals surface area (Å²) in [7, 11) is 0. The number of carbonyl (C=O) groups excluding carboxylic acids is 1. The highest BCUT2D eigenvalue weighted by molar-refractivity contribution is 5.94. The Labute approximate surface area is 108 Å². The first kappa shape index (κ1) is 13.0. The molecule has 0 radical (unpaired) electrons. The van der Waals surface area contributed by atoms with Crippen LogP contribution in [-0.2, 0) is 0 Å². The largest absolute Gasteiger partial charge is 0.396 e. The van der Waals surface area contributed by atoms with Gasteiger partial charge in [-0.05, 0) is 44.7 Å². The smallest absolute Gasteiger partial charge is 0.159 e. The summed E-state index contributed by atoms with van der Waals surface area (Å²) in [6.07, 6.45) is 6.04. The summed E-state index contributed by atoms with van der Waals surface area (Å²) in [5.74, 6) is 0.926. The monoisotopic (exact) mass is 248 g/mol. The normalized spacial score (nSPS) is 15.2. The van der Waals surface area contributed by atoms with Crippen LogP contribution in [0.4, 0.5) is 5.82 Å². The van der Waals surface area contributed by atoms with Crippen LogP contribution in [0.5, 0.6) is 0 Å². The molecular weight excluding hydrogens is 228 g/mol. The van der Waals surface area contributed by atoms with Gasteiger partial charge in [-0.15, -0.1) is 0 Å². The molecule has 1 saturated carbocycles. The molecule has 0 bridgehead atoms. The van der Waals surface area contributed by atoms with Crippen molar-refractivity contribution in [3.8, 4) is 0 Å². The Morgan fingerprint density at radius 1 is 1.56 bits per heavy atom. The summed E-state index contributed by atoms with van der Waals surface area (Å²) in [6.45, 7) is 2.56. The van der Waals surface area contributed by atoms with Gasteiger partial charge in [0.05, 0.1) is 0 Å². The van der Waals surface area contributed by atoms with Crippen LogP contribution in [0.15, 0.2) is 18.3 Å². The summed E-state index contributed by atoms with van der Waals surface area (Å²) in [4.78, 5) is 18.0. The summed E-state index contributed by atoms with van der Waals surface area (Å²) < 4.78 is 0. The molecular formula is C14H20N2O2. The maximum atomic E-state index is 11.4. The van der Waals surface area contributed by atoms with Crippen molar-refractivity contribution in [1.82, 2.24) is 4.98 Å². The number of hydrogen-bond donors (Lipinski definition) is 1. The average Bonchev–Trinajstić information content (AvgIpc) is 2.32.